The standard InChI is InChI=1S/C21H25FN2O2/c1-26-15-17-8-6-16(7-9-17)12-23-21(25)14-24(19-10-11-19)13-18-4-2-3-5-20(18)22/h2-9,19H,10-15H2,1H3,(H,23,25). The Morgan fingerprint density at radius 2 is 1.85 bits per heavy atom. The van der Waals surface area contributed by atoms with Crippen LogP contribution in [0.2, 0.25) is 0 Å². The maximum atomic E-state index is 13.9. The van der Waals surface area contributed by atoms with Crippen LogP contribution in [0.1, 0.15) is 29.5 Å². The smallest absolute Gasteiger partial charge is 0.234 e. The summed E-state index contributed by atoms with van der Waals surface area (Å²) < 4.78 is 19.0. The third-order valence-corrected chi connectivity index (χ3v) is 4.56. The molecule has 0 aliphatic heterocycles. The zero-order valence-corrected chi connectivity index (χ0v) is 15.1. The summed E-state index contributed by atoms with van der Waals surface area (Å²) in [5.41, 5.74) is 2.79. The van der Waals surface area contributed by atoms with Crippen LogP contribution in [0, 0.1) is 5.82 Å². The van der Waals surface area contributed by atoms with E-state index >= 15 is 0 Å². The molecule has 0 heterocycles. The SMILES string of the molecule is COCc1ccc(CNC(=O)CN(Cc2ccccc2F)C2CC2)cc1. The highest BCUT2D eigenvalue weighted by Crippen LogP contribution is 2.28. The van der Waals surface area contributed by atoms with Crippen molar-refractivity contribution in [3.05, 3.63) is 71.0 Å². The van der Waals surface area contributed by atoms with E-state index in [1.54, 1.807) is 19.2 Å². The first-order chi connectivity index (χ1) is 12.7. The number of hydrogen-bond donors (Lipinski definition) is 1. The molecule has 138 valence electrons. The Hall–Kier alpha value is -2.24. The predicted octanol–water partition coefficient (Wildman–Crippen LogP) is 3.25. The largest absolute Gasteiger partial charge is 0.380 e. The van der Waals surface area contributed by atoms with Gasteiger partial charge in [0.05, 0.1) is 13.2 Å². The fraction of sp³-hybridized carbons (Fsp3) is 0.381. The lowest BCUT2D eigenvalue weighted by atomic mass is 10.1. The summed E-state index contributed by atoms with van der Waals surface area (Å²) in [5, 5.41) is 2.96. The number of rotatable bonds is 9. The average Bonchev–Trinajstić information content (AvgIpc) is 3.48. The topological polar surface area (TPSA) is 41.6 Å². The maximum absolute atomic E-state index is 13.9. The summed E-state index contributed by atoms with van der Waals surface area (Å²) >= 11 is 0. The number of halogens is 1. The van der Waals surface area contributed by atoms with E-state index in [1.165, 1.54) is 6.07 Å². The minimum atomic E-state index is -0.213. The van der Waals surface area contributed by atoms with Gasteiger partial charge in [-0.2, -0.15) is 0 Å². The Labute approximate surface area is 154 Å². The van der Waals surface area contributed by atoms with Crippen molar-refractivity contribution in [1.82, 2.24) is 10.2 Å². The van der Waals surface area contributed by atoms with Gasteiger partial charge in [-0.05, 0) is 30.0 Å². The Morgan fingerprint density at radius 3 is 2.50 bits per heavy atom. The van der Waals surface area contributed by atoms with Gasteiger partial charge in [0.15, 0.2) is 0 Å². The normalized spacial score (nSPS) is 13.8. The van der Waals surface area contributed by atoms with Gasteiger partial charge in [-0.3, -0.25) is 9.69 Å². The molecule has 0 spiro atoms. The molecule has 5 heteroatoms. The van der Waals surface area contributed by atoms with Crippen LogP contribution >= 0.6 is 0 Å². The molecule has 4 nitrogen and oxygen atoms in total. The number of benzene rings is 2. The molecule has 1 saturated carbocycles. The molecule has 0 aromatic heterocycles. The monoisotopic (exact) mass is 356 g/mol. The summed E-state index contributed by atoms with van der Waals surface area (Å²) in [6.07, 6.45) is 2.14. The van der Waals surface area contributed by atoms with Crippen LogP contribution in [-0.2, 0) is 29.2 Å². The van der Waals surface area contributed by atoms with Crippen LogP contribution in [0.5, 0.6) is 0 Å². The van der Waals surface area contributed by atoms with Crippen molar-refractivity contribution in [2.75, 3.05) is 13.7 Å². The number of ether oxygens (including phenoxy) is 1. The molecule has 2 aromatic rings. The lowest BCUT2D eigenvalue weighted by Crippen LogP contribution is -2.38. The molecule has 1 aliphatic carbocycles. The summed E-state index contributed by atoms with van der Waals surface area (Å²) in [4.78, 5) is 14.4. The highest BCUT2D eigenvalue weighted by atomic mass is 19.1. The van der Waals surface area contributed by atoms with Gasteiger partial charge in [-0.25, -0.2) is 4.39 Å². The van der Waals surface area contributed by atoms with Crippen molar-refractivity contribution in [2.24, 2.45) is 0 Å². The van der Waals surface area contributed by atoms with Gasteiger partial charge < -0.3 is 10.1 Å². The minimum absolute atomic E-state index is 0.0331. The van der Waals surface area contributed by atoms with Gasteiger partial charge in [0.1, 0.15) is 5.82 Å². The van der Waals surface area contributed by atoms with E-state index in [0.717, 1.165) is 24.0 Å². The van der Waals surface area contributed by atoms with E-state index < -0.39 is 0 Å². The Bertz CT molecular complexity index is 729. The second kappa shape index (κ2) is 8.92. The second-order valence-electron chi connectivity index (χ2n) is 6.75. The second-order valence-corrected chi connectivity index (χ2v) is 6.75. The van der Waals surface area contributed by atoms with E-state index in [-0.39, 0.29) is 11.7 Å². The van der Waals surface area contributed by atoms with Crippen LogP contribution in [0.3, 0.4) is 0 Å². The molecule has 0 atom stereocenters. The van der Waals surface area contributed by atoms with E-state index in [0.29, 0.717) is 37.8 Å². The first kappa shape index (κ1) is 18.5. The number of nitrogens with one attached hydrogen (secondary N) is 1. The summed E-state index contributed by atoms with van der Waals surface area (Å²) in [7, 11) is 1.67. The van der Waals surface area contributed by atoms with Crippen molar-refractivity contribution in [2.45, 2.75) is 38.6 Å². The zero-order valence-electron chi connectivity index (χ0n) is 15.1. The first-order valence-electron chi connectivity index (χ1n) is 8.96. The Balaban J connectivity index is 1.51. The van der Waals surface area contributed by atoms with Gasteiger partial charge in [0, 0.05) is 31.8 Å². The number of amides is 1. The van der Waals surface area contributed by atoms with Crippen molar-refractivity contribution in [3.8, 4) is 0 Å². The summed E-state index contributed by atoms with van der Waals surface area (Å²) in [6, 6.07) is 15.1. The van der Waals surface area contributed by atoms with E-state index in [9.17, 15) is 9.18 Å². The molecular weight excluding hydrogens is 331 g/mol. The quantitative estimate of drug-likeness (QED) is 0.750. The van der Waals surface area contributed by atoms with E-state index in [1.807, 2.05) is 30.3 Å². The van der Waals surface area contributed by atoms with Crippen LogP contribution in [0.4, 0.5) is 4.39 Å². The van der Waals surface area contributed by atoms with Crippen molar-refractivity contribution >= 4 is 5.91 Å². The molecular formula is C21H25FN2O2. The molecule has 1 amide bonds. The predicted molar refractivity (Wildman–Crippen MR) is 98.8 cm³/mol. The fourth-order valence-corrected chi connectivity index (χ4v) is 2.96. The lowest BCUT2D eigenvalue weighted by molar-refractivity contribution is -0.122. The minimum Gasteiger partial charge on any atom is -0.380 e. The van der Waals surface area contributed by atoms with Crippen LogP contribution in [0.15, 0.2) is 48.5 Å². The number of carbonyl (C=O) groups is 1. The molecule has 0 unspecified atom stereocenters. The zero-order chi connectivity index (χ0) is 18.4. The summed E-state index contributed by atoms with van der Waals surface area (Å²) in [6.45, 7) is 1.83. The molecule has 1 N–H and O–H groups in total. The first-order valence-corrected chi connectivity index (χ1v) is 8.96. The lowest BCUT2D eigenvalue weighted by Gasteiger charge is -2.21. The van der Waals surface area contributed by atoms with Gasteiger partial charge in [0.2, 0.25) is 5.91 Å². The van der Waals surface area contributed by atoms with Crippen molar-refractivity contribution in [1.29, 1.82) is 0 Å². The van der Waals surface area contributed by atoms with Gasteiger partial charge in [-0.15, -0.1) is 0 Å². The molecule has 1 fully saturated rings. The molecule has 1 aliphatic rings. The maximum Gasteiger partial charge on any atom is 0.234 e. The molecule has 0 bridgehead atoms. The fourth-order valence-electron chi connectivity index (χ4n) is 2.96. The van der Waals surface area contributed by atoms with Gasteiger partial charge >= 0.3 is 0 Å². The molecule has 0 radical (unpaired) electrons. The molecule has 26 heavy (non-hydrogen) atoms. The molecule has 2 aromatic carbocycles. The van der Waals surface area contributed by atoms with E-state index in [2.05, 4.69) is 10.2 Å². The van der Waals surface area contributed by atoms with Crippen molar-refractivity contribution < 1.29 is 13.9 Å². The number of nitrogens with zero attached hydrogens (tertiary/aromatic N) is 1. The third-order valence-electron chi connectivity index (χ3n) is 4.56. The highest BCUT2D eigenvalue weighted by molar-refractivity contribution is 5.78. The highest BCUT2D eigenvalue weighted by Gasteiger charge is 2.30. The van der Waals surface area contributed by atoms with Crippen LogP contribution in [-0.4, -0.2) is 30.5 Å². The van der Waals surface area contributed by atoms with Crippen LogP contribution in [0.25, 0.3) is 0 Å². The van der Waals surface area contributed by atoms with Gasteiger partial charge in [0.25, 0.3) is 0 Å². The average molecular weight is 356 g/mol. The number of hydrogen-bond acceptors (Lipinski definition) is 3. The third kappa shape index (κ3) is 5.38. The summed E-state index contributed by atoms with van der Waals surface area (Å²) in [5.74, 6) is -0.246. The molecule has 0 saturated heterocycles. The van der Waals surface area contributed by atoms with Crippen LogP contribution < -0.4 is 5.32 Å². The Kier molecular flexibility index (Phi) is 6.36. The van der Waals surface area contributed by atoms with E-state index in [4.69, 9.17) is 4.74 Å². The number of methoxy groups -OCH3 is 1. The number of carbonyl (C=O) groups excluding carboxylic acids is 1. The van der Waals surface area contributed by atoms with Crippen molar-refractivity contribution in [3.63, 3.8) is 0 Å². The van der Waals surface area contributed by atoms with Gasteiger partial charge in [-0.1, -0.05) is 42.5 Å². The Morgan fingerprint density at radius 1 is 1.15 bits per heavy atom. The molecule has 3 rings (SSSR count).